The Bertz CT molecular complexity index is 675. The molecule has 12 heteroatoms. The summed E-state index contributed by atoms with van der Waals surface area (Å²) in [6.07, 6.45) is -3.68. The Morgan fingerprint density at radius 3 is 2.62 bits per heavy atom. The van der Waals surface area contributed by atoms with Gasteiger partial charge in [0.1, 0.15) is 24.4 Å². The van der Waals surface area contributed by atoms with Gasteiger partial charge in [-0.25, -0.2) is 4.79 Å². The molecule has 2 rings (SSSR count). The predicted molar refractivity (Wildman–Crippen MR) is 79.3 cm³/mol. The van der Waals surface area contributed by atoms with Crippen LogP contribution in [0.2, 0.25) is 0 Å². The number of hydrogen-bond acceptors (Lipinski definition) is 7. The summed E-state index contributed by atoms with van der Waals surface area (Å²) in [6.45, 7) is -0.236. The first-order chi connectivity index (χ1) is 9.69. The summed E-state index contributed by atoms with van der Waals surface area (Å²) < 4.78 is 10.4. The molecule has 1 aliphatic heterocycles. The molecule has 118 valence electrons. The summed E-state index contributed by atoms with van der Waals surface area (Å²) in [6, 6.07) is 0. The lowest BCUT2D eigenvalue weighted by atomic mass is 10.0. The SMILES string of the molecule is O=c1[nH]cc([C@@H]2O[C@H](COP(=S)(Cl)Cl)C(O)[C@@H]2O)c(=O)[nH]1. The average molecular weight is 377 g/mol. The first-order valence-electron chi connectivity index (χ1n) is 5.66. The molecule has 21 heavy (non-hydrogen) atoms. The normalized spacial score (nSPS) is 29.7. The van der Waals surface area contributed by atoms with Crippen molar-refractivity contribution in [3.05, 3.63) is 32.6 Å². The lowest BCUT2D eigenvalue weighted by Gasteiger charge is -2.15. The largest absolute Gasteiger partial charge is 0.387 e. The molecule has 0 spiro atoms. The Labute approximate surface area is 132 Å². The van der Waals surface area contributed by atoms with E-state index in [9.17, 15) is 19.8 Å². The predicted octanol–water partition coefficient (Wildman–Crippen LogP) is -0.0564. The second-order valence-corrected chi connectivity index (χ2v) is 11.5. The summed E-state index contributed by atoms with van der Waals surface area (Å²) in [5.41, 5.74) is -1.45. The van der Waals surface area contributed by atoms with Crippen LogP contribution in [0, 0.1) is 0 Å². The fraction of sp³-hybridized carbons (Fsp3) is 0.556. The van der Waals surface area contributed by atoms with Crippen LogP contribution in [-0.2, 0) is 21.1 Å². The number of hydrogen-bond donors (Lipinski definition) is 4. The second-order valence-electron chi connectivity index (χ2n) is 4.31. The number of halogens is 2. The van der Waals surface area contributed by atoms with Crippen LogP contribution in [0.4, 0.5) is 0 Å². The fourth-order valence-corrected chi connectivity index (χ4v) is 2.78. The monoisotopic (exact) mass is 376 g/mol. The molecule has 1 unspecified atom stereocenters. The molecule has 0 aliphatic carbocycles. The van der Waals surface area contributed by atoms with Gasteiger partial charge in [-0.1, -0.05) is 0 Å². The molecule has 1 aromatic rings. The van der Waals surface area contributed by atoms with E-state index >= 15 is 0 Å². The zero-order valence-corrected chi connectivity index (χ0v) is 13.5. The zero-order chi connectivity index (χ0) is 15.8. The number of rotatable bonds is 4. The number of aliphatic hydroxyl groups excluding tert-OH is 2. The van der Waals surface area contributed by atoms with E-state index < -0.39 is 40.6 Å². The van der Waals surface area contributed by atoms with Gasteiger partial charge in [0.15, 0.2) is 0 Å². The minimum Gasteiger partial charge on any atom is -0.387 e. The average Bonchev–Trinajstić information content (AvgIpc) is 2.64. The first-order valence-corrected chi connectivity index (χ1v) is 10.2. The van der Waals surface area contributed by atoms with E-state index in [0.717, 1.165) is 6.20 Å². The molecule has 1 saturated heterocycles. The van der Waals surface area contributed by atoms with Gasteiger partial charge in [-0.2, -0.15) is 0 Å². The molecular weight excluding hydrogens is 366 g/mol. The van der Waals surface area contributed by atoms with Crippen LogP contribution >= 0.6 is 27.5 Å². The van der Waals surface area contributed by atoms with Gasteiger partial charge < -0.3 is 24.5 Å². The smallest absolute Gasteiger partial charge is 0.325 e. The van der Waals surface area contributed by atoms with E-state index in [2.05, 4.69) is 16.8 Å². The minimum atomic E-state index is -2.98. The van der Waals surface area contributed by atoms with Crippen LogP contribution in [0.25, 0.3) is 0 Å². The van der Waals surface area contributed by atoms with Gasteiger partial charge in [-0.05, 0) is 34.3 Å². The highest BCUT2D eigenvalue weighted by molar-refractivity contribution is 8.36. The minimum absolute atomic E-state index is 0.0279. The zero-order valence-electron chi connectivity index (χ0n) is 10.2. The molecule has 0 amide bonds. The third-order valence-corrected chi connectivity index (χ3v) is 4.26. The number of ether oxygens (including phenoxy) is 1. The van der Waals surface area contributed by atoms with Gasteiger partial charge in [-0.15, -0.1) is 0 Å². The molecule has 4 atom stereocenters. The number of aromatic nitrogens is 2. The Balaban J connectivity index is 2.18. The molecule has 4 N–H and O–H groups in total. The van der Waals surface area contributed by atoms with E-state index in [4.69, 9.17) is 31.7 Å². The van der Waals surface area contributed by atoms with E-state index in [1.54, 1.807) is 0 Å². The molecule has 0 aromatic carbocycles. The molecule has 0 radical (unpaired) electrons. The number of aliphatic hydroxyl groups is 2. The van der Waals surface area contributed by atoms with Gasteiger partial charge >= 0.3 is 5.69 Å². The van der Waals surface area contributed by atoms with E-state index in [1.807, 2.05) is 4.98 Å². The van der Waals surface area contributed by atoms with Crippen molar-refractivity contribution in [1.29, 1.82) is 0 Å². The summed E-state index contributed by atoms with van der Waals surface area (Å²) in [7, 11) is 0. The second kappa shape index (κ2) is 6.47. The summed E-state index contributed by atoms with van der Waals surface area (Å²) in [4.78, 5) is 23.9. The lowest BCUT2D eigenvalue weighted by molar-refractivity contribution is -0.0146. The number of aromatic amines is 2. The lowest BCUT2D eigenvalue weighted by Crippen LogP contribution is -2.34. The van der Waals surface area contributed by atoms with Gasteiger partial charge in [0.25, 0.3) is 5.56 Å². The molecule has 1 fully saturated rings. The van der Waals surface area contributed by atoms with Gasteiger partial charge in [0.2, 0.25) is 4.97 Å². The summed E-state index contributed by atoms with van der Waals surface area (Å²) in [5.74, 6) is 0. The van der Waals surface area contributed by atoms with E-state index in [-0.39, 0.29) is 12.2 Å². The topological polar surface area (TPSA) is 125 Å². The third kappa shape index (κ3) is 4.14. The maximum Gasteiger partial charge on any atom is 0.325 e. The van der Waals surface area contributed by atoms with Crippen molar-refractivity contribution < 1.29 is 19.5 Å². The van der Waals surface area contributed by atoms with E-state index in [1.165, 1.54) is 0 Å². The van der Waals surface area contributed by atoms with Crippen LogP contribution in [0.5, 0.6) is 0 Å². The van der Waals surface area contributed by atoms with Crippen molar-refractivity contribution >= 4 is 39.3 Å². The van der Waals surface area contributed by atoms with Crippen LogP contribution in [0.3, 0.4) is 0 Å². The molecule has 8 nitrogen and oxygen atoms in total. The number of nitrogens with one attached hydrogen (secondary N) is 2. The Morgan fingerprint density at radius 2 is 2.05 bits per heavy atom. The molecule has 0 bridgehead atoms. The highest BCUT2D eigenvalue weighted by Crippen LogP contribution is 2.58. The molecule has 1 aliphatic rings. The summed E-state index contributed by atoms with van der Waals surface area (Å²) in [5, 5.41) is 19.8. The third-order valence-electron chi connectivity index (χ3n) is 2.91. The van der Waals surface area contributed by atoms with Crippen molar-refractivity contribution in [1.82, 2.24) is 9.97 Å². The van der Waals surface area contributed by atoms with Gasteiger partial charge in [-0.3, -0.25) is 9.78 Å². The maximum absolute atomic E-state index is 11.7. The van der Waals surface area contributed by atoms with Crippen molar-refractivity contribution in [2.24, 2.45) is 0 Å². The highest BCUT2D eigenvalue weighted by Gasteiger charge is 2.44. The Kier molecular flexibility index (Phi) is 5.27. The van der Waals surface area contributed by atoms with Crippen LogP contribution < -0.4 is 11.2 Å². The number of H-pyrrole nitrogens is 2. The molecule has 1 aromatic heterocycles. The molecular formula is C9H11Cl2N2O6PS. The Hall–Kier alpha value is -0.250. The van der Waals surface area contributed by atoms with Crippen LogP contribution in [0.15, 0.2) is 15.8 Å². The van der Waals surface area contributed by atoms with Crippen LogP contribution in [0.1, 0.15) is 11.7 Å². The van der Waals surface area contributed by atoms with E-state index in [0.29, 0.717) is 0 Å². The van der Waals surface area contributed by atoms with Crippen LogP contribution in [-0.4, -0.2) is 45.1 Å². The fourth-order valence-electron chi connectivity index (χ4n) is 1.94. The van der Waals surface area contributed by atoms with Crippen molar-refractivity contribution in [3.63, 3.8) is 0 Å². The molecule has 0 saturated carbocycles. The molecule has 2 heterocycles. The van der Waals surface area contributed by atoms with Crippen molar-refractivity contribution in [2.45, 2.75) is 24.4 Å². The van der Waals surface area contributed by atoms with Crippen molar-refractivity contribution in [2.75, 3.05) is 6.61 Å². The maximum atomic E-state index is 11.7. The van der Waals surface area contributed by atoms with Gasteiger partial charge in [0.05, 0.1) is 12.2 Å². The first kappa shape index (κ1) is 17.1. The summed E-state index contributed by atoms with van der Waals surface area (Å²) >= 11 is 15.8. The Morgan fingerprint density at radius 1 is 1.38 bits per heavy atom. The van der Waals surface area contributed by atoms with Gasteiger partial charge in [0, 0.05) is 6.20 Å². The standard InChI is InChI=1S/C9H11Cl2N2O6PS/c10-20(11,21)18-2-4-5(14)6(15)7(19-4)3-1-12-9(17)13-8(3)16/h1,4-7,14-15H,2H2,(H2,12,13,16,17)/t4-,5?,6+,7+/m1/s1. The quantitative estimate of drug-likeness (QED) is 0.542. The highest BCUT2D eigenvalue weighted by atomic mass is 35.9. The van der Waals surface area contributed by atoms with Crippen molar-refractivity contribution in [3.8, 4) is 0 Å².